The second-order valence-corrected chi connectivity index (χ2v) is 5.89. The minimum absolute atomic E-state index is 0.0391. The maximum Gasteiger partial charge on any atom is 0.259 e. The fraction of sp³-hybridized carbons (Fsp3) is 0.200. The van der Waals surface area contributed by atoms with E-state index >= 15 is 0 Å². The lowest BCUT2D eigenvalue weighted by Gasteiger charge is -2.09. The summed E-state index contributed by atoms with van der Waals surface area (Å²) in [7, 11) is 0. The summed E-state index contributed by atoms with van der Waals surface area (Å²) in [6.45, 7) is 0. The molecule has 1 aliphatic carbocycles. The summed E-state index contributed by atoms with van der Waals surface area (Å²) in [5, 5.41) is 14.0. The van der Waals surface area contributed by atoms with Crippen molar-refractivity contribution in [1.82, 2.24) is 0 Å². The molecule has 108 valence electrons. The topological polar surface area (TPSA) is 69.2 Å². The normalized spacial score (nSPS) is 13.0. The maximum absolute atomic E-state index is 13.6. The Morgan fingerprint density at radius 1 is 1.24 bits per heavy atom. The molecule has 1 aliphatic rings. The van der Waals surface area contributed by atoms with Gasteiger partial charge in [0.25, 0.3) is 5.91 Å². The van der Waals surface area contributed by atoms with Gasteiger partial charge in [0.2, 0.25) is 0 Å². The number of thiophene rings is 1. The summed E-state index contributed by atoms with van der Waals surface area (Å²) in [5.74, 6) is -2.61. The van der Waals surface area contributed by atoms with Gasteiger partial charge >= 0.3 is 0 Å². The first-order chi connectivity index (χ1) is 10.1. The maximum atomic E-state index is 13.6. The molecule has 2 aromatic rings. The molecule has 0 aliphatic heterocycles. The molecule has 21 heavy (non-hydrogen) atoms. The van der Waals surface area contributed by atoms with E-state index in [9.17, 15) is 19.1 Å². The summed E-state index contributed by atoms with van der Waals surface area (Å²) in [6, 6.07) is 5.57. The fourth-order valence-corrected chi connectivity index (χ4v) is 3.80. The average molecular weight is 304 g/mol. The number of hydrogen-bond acceptors (Lipinski definition) is 4. The Hall–Kier alpha value is -2.21. The van der Waals surface area contributed by atoms with Gasteiger partial charge in [-0.25, -0.2) is 4.39 Å². The minimum atomic E-state index is -1.31. The Morgan fingerprint density at radius 2 is 2.00 bits per heavy atom. The number of fused-ring (bicyclic) bond motifs is 1. The molecule has 0 bridgehead atoms. The van der Waals surface area contributed by atoms with Crippen LogP contribution in [0.1, 0.15) is 37.6 Å². The van der Waals surface area contributed by atoms with Crippen molar-refractivity contribution < 1.29 is 19.1 Å². The van der Waals surface area contributed by atoms with E-state index in [1.807, 2.05) is 0 Å². The number of rotatable bonds is 3. The van der Waals surface area contributed by atoms with E-state index in [1.165, 1.54) is 29.5 Å². The zero-order valence-electron chi connectivity index (χ0n) is 10.9. The molecule has 0 atom stereocenters. The van der Waals surface area contributed by atoms with Gasteiger partial charge in [0.1, 0.15) is 10.8 Å². The molecule has 3 rings (SSSR count). The van der Waals surface area contributed by atoms with Crippen LogP contribution in [0.5, 0.6) is 0 Å². The van der Waals surface area contributed by atoms with Gasteiger partial charge in [0, 0.05) is 10.4 Å². The van der Waals surface area contributed by atoms with E-state index in [0.717, 1.165) is 23.3 Å². The molecule has 1 amide bonds. The fourth-order valence-electron chi connectivity index (χ4n) is 2.52. The Kier molecular flexibility index (Phi) is 3.47. The molecule has 0 unspecified atom stereocenters. The first kappa shape index (κ1) is 13.8. The Balaban J connectivity index is 1.94. The number of carboxylic acid groups (broad SMARTS) is 1. The highest BCUT2D eigenvalue weighted by Gasteiger charge is 2.24. The number of carbonyl (C=O) groups is 2. The van der Waals surface area contributed by atoms with Crippen molar-refractivity contribution in [3.63, 3.8) is 0 Å². The van der Waals surface area contributed by atoms with Crippen molar-refractivity contribution in [1.29, 1.82) is 0 Å². The van der Waals surface area contributed by atoms with Gasteiger partial charge in [0.05, 0.1) is 11.5 Å². The number of aryl methyl sites for hydroxylation is 1. The van der Waals surface area contributed by atoms with Gasteiger partial charge in [0.15, 0.2) is 0 Å². The van der Waals surface area contributed by atoms with Gasteiger partial charge in [-0.2, -0.15) is 0 Å². The molecule has 1 aromatic carbocycles. The second kappa shape index (κ2) is 5.29. The number of benzene rings is 1. The molecule has 0 saturated carbocycles. The zero-order valence-corrected chi connectivity index (χ0v) is 11.8. The van der Waals surface area contributed by atoms with Gasteiger partial charge < -0.3 is 15.2 Å². The SMILES string of the molecule is O=C(Nc1sc2c(c1C(=O)[O-])CCC2)c1ccccc1F. The van der Waals surface area contributed by atoms with E-state index in [2.05, 4.69) is 5.32 Å². The lowest BCUT2D eigenvalue weighted by atomic mass is 10.1. The van der Waals surface area contributed by atoms with E-state index < -0.39 is 17.7 Å². The third-order valence-electron chi connectivity index (χ3n) is 3.47. The first-order valence-electron chi connectivity index (χ1n) is 6.49. The number of halogens is 1. The minimum Gasteiger partial charge on any atom is -0.545 e. The van der Waals surface area contributed by atoms with Crippen LogP contribution in [0.2, 0.25) is 0 Å². The van der Waals surface area contributed by atoms with Gasteiger partial charge in [-0.15, -0.1) is 11.3 Å². The summed E-state index contributed by atoms with van der Waals surface area (Å²) >= 11 is 1.23. The molecule has 0 radical (unpaired) electrons. The molecule has 6 heteroatoms. The largest absolute Gasteiger partial charge is 0.545 e. The van der Waals surface area contributed by atoms with Crippen LogP contribution in [-0.4, -0.2) is 11.9 Å². The number of amides is 1. The molecule has 1 heterocycles. The van der Waals surface area contributed by atoms with Gasteiger partial charge in [-0.05, 0) is 37.0 Å². The summed E-state index contributed by atoms with van der Waals surface area (Å²) < 4.78 is 13.6. The monoisotopic (exact) mass is 304 g/mol. The predicted octanol–water partition coefficient (Wildman–Crippen LogP) is 1.99. The van der Waals surface area contributed by atoms with Crippen molar-refractivity contribution in [2.24, 2.45) is 0 Å². The number of hydrogen-bond donors (Lipinski definition) is 1. The van der Waals surface area contributed by atoms with Crippen molar-refractivity contribution in [3.05, 3.63) is 51.7 Å². The van der Waals surface area contributed by atoms with Crippen molar-refractivity contribution in [2.45, 2.75) is 19.3 Å². The average Bonchev–Trinajstić information content (AvgIpc) is 2.98. The third-order valence-corrected chi connectivity index (χ3v) is 4.68. The number of anilines is 1. The van der Waals surface area contributed by atoms with Crippen LogP contribution < -0.4 is 10.4 Å². The van der Waals surface area contributed by atoms with Crippen LogP contribution in [0, 0.1) is 5.82 Å². The summed E-state index contributed by atoms with van der Waals surface area (Å²) in [5.41, 5.74) is 0.663. The number of carboxylic acids is 1. The Labute approximate surface area is 124 Å². The van der Waals surface area contributed by atoms with Gasteiger partial charge in [-0.3, -0.25) is 4.79 Å². The third kappa shape index (κ3) is 2.42. The molecule has 4 nitrogen and oxygen atoms in total. The molecular formula is C15H11FNO3S-. The number of aromatic carboxylic acids is 1. The molecule has 0 spiro atoms. The van der Waals surface area contributed by atoms with Crippen LogP contribution in [0.3, 0.4) is 0 Å². The lowest BCUT2D eigenvalue weighted by Crippen LogP contribution is -2.25. The van der Waals surface area contributed by atoms with Crippen molar-refractivity contribution in [3.8, 4) is 0 Å². The molecule has 1 N–H and O–H groups in total. The highest BCUT2D eigenvalue weighted by atomic mass is 32.1. The zero-order chi connectivity index (χ0) is 15.0. The highest BCUT2D eigenvalue weighted by Crippen LogP contribution is 2.38. The standard InChI is InChI=1S/C15H12FNO3S/c16-10-6-2-1-4-8(10)13(18)17-14-12(15(19)20)9-5-3-7-11(9)21-14/h1-2,4,6H,3,5,7H2,(H,17,18)(H,19,20)/p-1. The quantitative estimate of drug-likeness (QED) is 0.943. The summed E-state index contributed by atoms with van der Waals surface area (Å²) in [6.07, 6.45) is 2.38. The Morgan fingerprint density at radius 3 is 2.71 bits per heavy atom. The number of nitrogens with one attached hydrogen (secondary N) is 1. The van der Waals surface area contributed by atoms with Gasteiger partial charge in [-0.1, -0.05) is 12.1 Å². The van der Waals surface area contributed by atoms with Crippen LogP contribution in [0.25, 0.3) is 0 Å². The lowest BCUT2D eigenvalue weighted by molar-refractivity contribution is -0.254. The molecule has 0 fully saturated rings. The van der Waals surface area contributed by atoms with Crippen LogP contribution in [-0.2, 0) is 12.8 Å². The second-order valence-electron chi connectivity index (χ2n) is 4.78. The predicted molar refractivity (Wildman–Crippen MR) is 75.0 cm³/mol. The van der Waals surface area contributed by atoms with E-state index in [-0.39, 0.29) is 16.1 Å². The molecule has 0 saturated heterocycles. The van der Waals surface area contributed by atoms with Crippen LogP contribution >= 0.6 is 11.3 Å². The van der Waals surface area contributed by atoms with Crippen LogP contribution in [0.4, 0.5) is 9.39 Å². The summed E-state index contributed by atoms with van der Waals surface area (Å²) in [4.78, 5) is 24.3. The van der Waals surface area contributed by atoms with E-state index in [0.29, 0.717) is 6.42 Å². The molecule has 1 aromatic heterocycles. The number of carbonyl (C=O) groups excluding carboxylic acids is 2. The van der Waals surface area contributed by atoms with Crippen LogP contribution in [0.15, 0.2) is 24.3 Å². The van der Waals surface area contributed by atoms with E-state index in [1.54, 1.807) is 6.07 Å². The Bertz CT molecular complexity index is 739. The molecular weight excluding hydrogens is 293 g/mol. The van der Waals surface area contributed by atoms with Crippen molar-refractivity contribution >= 4 is 28.2 Å². The first-order valence-corrected chi connectivity index (χ1v) is 7.31. The van der Waals surface area contributed by atoms with E-state index in [4.69, 9.17) is 0 Å². The highest BCUT2D eigenvalue weighted by molar-refractivity contribution is 7.17. The van der Waals surface area contributed by atoms with Crippen molar-refractivity contribution in [2.75, 3.05) is 5.32 Å². The smallest absolute Gasteiger partial charge is 0.259 e.